The number of ether oxygens (including phenoxy) is 1. The van der Waals surface area contributed by atoms with E-state index in [1.807, 2.05) is 0 Å². The minimum atomic E-state index is 0.254. The number of hydrogen-bond donors (Lipinski definition) is 0. The van der Waals surface area contributed by atoms with Gasteiger partial charge in [0.05, 0.1) is 0 Å². The van der Waals surface area contributed by atoms with E-state index in [2.05, 4.69) is 4.90 Å². The second-order valence-corrected chi connectivity index (χ2v) is 5.93. The molecule has 2 saturated heterocycles. The largest absolute Gasteiger partial charge is 0.381 e. The quantitative estimate of drug-likeness (QED) is 0.698. The molecular weight excluding hydrogens is 214 g/mol. The van der Waals surface area contributed by atoms with Gasteiger partial charge in [-0.05, 0) is 37.5 Å². The molecule has 2 atom stereocenters. The van der Waals surface area contributed by atoms with Crippen LogP contribution >= 0.6 is 0 Å². The Labute approximate surface area is 104 Å². The Bertz CT molecular complexity index is 272. The van der Waals surface area contributed by atoms with E-state index in [0.29, 0.717) is 5.91 Å². The monoisotopic (exact) mass is 237 g/mol. The second kappa shape index (κ2) is 4.97. The van der Waals surface area contributed by atoms with Gasteiger partial charge in [0, 0.05) is 32.2 Å². The zero-order valence-electron chi connectivity index (χ0n) is 10.6. The van der Waals surface area contributed by atoms with Crippen molar-refractivity contribution in [3.8, 4) is 0 Å². The predicted octanol–water partition coefficient (Wildman–Crippen LogP) is 2.06. The molecule has 1 aliphatic carbocycles. The maximum absolute atomic E-state index is 12.4. The Morgan fingerprint density at radius 1 is 0.941 bits per heavy atom. The van der Waals surface area contributed by atoms with Gasteiger partial charge in [0.1, 0.15) is 0 Å². The van der Waals surface area contributed by atoms with Crippen LogP contribution in [0.25, 0.3) is 0 Å². The van der Waals surface area contributed by atoms with Crippen molar-refractivity contribution in [1.82, 2.24) is 4.90 Å². The van der Waals surface area contributed by atoms with Crippen molar-refractivity contribution in [3.63, 3.8) is 0 Å². The number of carbonyl (C=O) groups is 1. The zero-order chi connectivity index (χ0) is 11.7. The first-order valence-corrected chi connectivity index (χ1v) is 7.21. The maximum atomic E-state index is 12.4. The summed E-state index contributed by atoms with van der Waals surface area (Å²) in [7, 11) is 0. The molecule has 2 heterocycles. The van der Waals surface area contributed by atoms with Crippen molar-refractivity contribution in [2.45, 2.75) is 38.5 Å². The van der Waals surface area contributed by atoms with Crippen molar-refractivity contribution in [1.29, 1.82) is 0 Å². The van der Waals surface area contributed by atoms with E-state index in [9.17, 15) is 4.79 Å². The van der Waals surface area contributed by atoms with Crippen LogP contribution in [0.1, 0.15) is 38.5 Å². The molecule has 17 heavy (non-hydrogen) atoms. The molecular formula is C14H23NO2. The fourth-order valence-corrected chi connectivity index (χ4v) is 3.79. The fraction of sp³-hybridized carbons (Fsp3) is 0.929. The number of fused-ring (bicyclic) bond motifs is 1. The summed E-state index contributed by atoms with van der Waals surface area (Å²) in [6.45, 7) is 3.63. The van der Waals surface area contributed by atoms with Crippen LogP contribution in [0.5, 0.6) is 0 Å². The van der Waals surface area contributed by atoms with Crippen molar-refractivity contribution in [2.75, 3.05) is 26.3 Å². The van der Waals surface area contributed by atoms with E-state index in [1.165, 1.54) is 25.7 Å². The summed E-state index contributed by atoms with van der Waals surface area (Å²) in [5, 5.41) is 0. The summed E-state index contributed by atoms with van der Waals surface area (Å²) in [5.74, 6) is 2.30. The molecule has 2 unspecified atom stereocenters. The first-order chi connectivity index (χ1) is 8.34. The van der Waals surface area contributed by atoms with Gasteiger partial charge in [-0.1, -0.05) is 12.8 Å². The maximum Gasteiger partial charge on any atom is 0.225 e. The normalized spacial score (nSPS) is 34.7. The van der Waals surface area contributed by atoms with Crippen LogP contribution in [0.15, 0.2) is 0 Å². The van der Waals surface area contributed by atoms with Crippen molar-refractivity contribution >= 4 is 5.91 Å². The number of carbonyl (C=O) groups excluding carboxylic acids is 1. The van der Waals surface area contributed by atoms with Crippen LogP contribution < -0.4 is 0 Å². The van der Waals surface area contributed by atoms with E-state index < -0.39 is 0 Å². The molecule has 3 aliphatic rings. The lowest BCUT2D eigenvalue weighted by molar-refractivity contribution is -0.137. The highest BCUT2D eigenvalue weighted by molar-refractivity contribution is 5.79. The summed E-state index contributed by atoms with van der Waals surface area (Å²) in [4.78, 5) is 14.6. The Morgan fingerprint density at radius 2 is 1.53 bits per heavy atom. The van der Waals surface area contributed by atoms with Crippen LogP contribution in [0.2, 0.25) is 0 Å². The Balaban J connectivity index is 1.59. The van der Waals surface area contributed by atoms with E-state index in [4.69, 9.17) is 4.74 Å². The SMILES string of the molecule is O=C(C1CCOCC1)N1CC2CCCCC2C1. The third-order valence-corrected chi connectivity index (χ3v) is 4.86. The number of hydrogen-bond acceptors (Lipinski definition) is 2. The minimum absolute atomic E-state index is 0.254. The van der Waals surface area contributed by atoms with E-state index in [1.54, 1.807) is 0 Å². The van der Waals surface area contributed by atoms with Crippen LogP contribution in [0.3, 0.4) is 0 Å². The molecule has 0 radical (unpaired) electrons. The minimum Gasteiger partial charge on any atom is -0.381 e. The number of nitrogens with zero attached hydrogens (tertiary/aromatic N) is 1. The zero-order valence-corrected chi connectivity index (χ0v) is 10.6. The van der Waals surface area contributed by atoms with E-state index in [0.717, 1.165) is 51.0 Å². The molecule has 0 aromatic heterocycles. The molecule has 3 heteroatoms. The summed E-state index contributed by atoms with van der Waals surface area (Å²) in [6, 6.07) is 0. The molecule has 0 aromatic rings. The third kappa shape index (κ3) is 2.35. The fourth-order valence-electron chi connectivity index (χ4n) is 3.79. The molecule has 96 valence electrons. The van der Waals surface area contributed by atoms with E-state index >= 15 is 0 Å². The molecule has 0 spiro atoms. The van der Waals surface area contributed by atoms with Gasteiger partial charge in [0.25, 0.3) is 0 Å². The predicted molar refractivity (Wildman–Crippen MR) is 65.6 cm³/mol. The molecule has 3 fully saturated rings. The van der Waals surface area contributed by atoms with Crippen LogP contribution in [0.4, 0.5) is 0 Å². The van der Waals surface area contributed by atoms with Crippen LogP contribution in [0, 0.1) is 17.8 Å². The van der Waals surface area contributed by atoms with Gasteiger partial charge < -0.3 is 9.64 Å². The number of rotatable bonds is 1. The van der Waals surface area contributed by atoms with Gasteiger partial charge in [-0.25, -0.2) is 0 Å². The lowest BCUT2D eigenvalue weighted by Gasteiger charge is -2.26. The summed E-state index contributed by atoms with van der Waals surface area (Å²) >= 11 is 0. The first-order valence-electron chi connectivity index (χ1n) is 7.21. The lowest BCUT2D eigenvalue weighted by atomic mass is 9.82. The van der Waals surface area contributed by atoms with Gasteiger partial charge in [0.2, 0.25) is 5.91 Å². The molecule has 3 rings (SSSR count). The topological polar surface area (TPSA) is 29.5 Å². The number of amides is 1. The highest BCUT2D eigenvalue weighted by atomic mass is 16.5. The van der Waals surface area contributed by atoms with Gasteiger partial charge in [-0.15, -0.1) is 0 Å². The average Bonchev–Trinajstić information content (AvgIpc) is 2.82. The van der Waals surface area contributed by atoms with Gasteiger partial charge >= 0.3 is 0 Å². The Kier molecular flexibility index (Phi) is 3.37. The lowest BCUT2D eigenvalue weighted by Crippen LogP contribution is -2.37. The molecule has 0 bridgehead atoms. The van der Waals surface area contributed by atoms with Gasteiger partial charge in [0.15, 0.2) is 0 Å². The molecule has 1 amide bonds. The van der Waals surface area contributed by atoms with Crippen LogP contribution in [-0.4, -0.2) is 37.1 Å². The average molecular weight is 237 g/mol. The number of likely N-dealkylation sites (tertiary alicyclic amines) is 1. The highest BCUT2D eigenvalue weighted by Crippen LogP contribution is 2.37. The summed E-state index contributed by atoms with van der Waals surface area (Å²) in [6.07, 6.45) is 7.32. The van der Waals surface area contributed by atoms with E-state index in [-0.39, 0.29) is 5.92 Å². The Morgan fingerprint density at radius 3 is 2.12 bits per heavy atom. The molecule has 2 aliphatic heterocycles. The standard InChI is InChI=1S/C14H23NO2/c16-14(11-5-7-17-8-6-11)15-9-12-3-1-2-4-13(12)10-15/h11-13H,1-10H2. The summed E-state index contributed by atoms with van der Waals surface area (Å²) < 4.78 is 5.34. The second-order valence-electron chi connectivity index (χ2n) is 5.93. The van der Waals surface area contributed by atoms with Crippen molar-refractivity contribution in [2.24, 2.45) is 17.8 Å². The molecule has 0 N–H and O–H groups in total. The third-order valence-electron chi connectivity index (χ3n) is 4.86. The van der Waals surface area contributed by atoms with Crippen molar-refractivity contribution < 1.29 is 9.53 Å². The highest BCUT2D eigenvalue weighted by Gasteiger charge is 2.38. The molecule has 0 aromatic carbocycles. The van der Waals surface area contributed by atoms with Gasteiger partial charge in [-0.3, -0.25) is 4.79 Å². The molecule has 1 saturated carbocycles. The molecule has 3 nitrogen and oxygen atoms in total. The van der Waals surface area contributed by atoms with Crippen molar-refractivity contribution in [3.05, 3.63) is 0 Å². The summed E-state index contributed by atoms with van der Waals surface area (Å²) in [5.41, 5.74) is 0. The van der Waals surface area contributed by atoms with Crippen LogP contribution in [-0.2, 0) is 9.53 Å². The first kappa shape index (κ1) is 11.5. The van der Waals surface area contributed by atoms with Gasteiger partial charge in [-0.2, -0.15) is 0 Å². The smallest absolute Gasteiger partial charge is 0.225 e. The Hall–Kier alpha value is -0.570.